The summed E-state index contributed by atoms with van der Waals surface area (Å²) in [5.41, 5.74) is 0.0695. The lowest BCUT2D eigenvalue weighted by Crippen LogP contribution is -2.28. The first-order valence-corrected chi connectivity index (χ1v) is 7.18. The number of hydrogen-bond acceptors (Lipinski definition) is 4. The lowest BCUT2D eigenvalue weighted by molar-refractivity contribution is -0.151. The van der Waals surface area contributed by atoms with Crippen LogP contribution in [0.3, 0.4) is 0 Å². The Kier molecular flexibility index (Phi) is 6.57. The fourth-order valence-electron chi connectivity index (χ4n) is 1.51. The average molecular weight is 300 g/mol. The first kappa shape index (κ1) is 16.9. The van der Waals surface area contributed by atoms with Crippen LogP contribution in [0.5, 0.6) is 0 Å². The van der Waals surface area contributed by atoms with E-state index >= 15 is 0 Å². The van der Waals surface area contributed by atoms with Gasteiger partial charge < -0.3 is 9.84 Å². The summed E-state index contributed by atoms with van der Waals surface area (Å²) >= 11 is 1.56. The van der Waals surface area contributed by atoms with Crippen LogP contribution < -0.4 is 0 Å². The second-order valence-corrected chi connectivity index (χ2v) is 5.39. The molecule has 0 amide bonds. The van der Waals surface area contributed by atoms with Crippen molar-refractivity contribution in [2.45, 2.75) is 25.9 Å². The Bertz CT molecular complexity index is 632. The summed E-state index contributed by atoms with van der Waals surface area (Å²) < 4.78 is 4.81. The van der Waals surface area contributed by atoms with Gasteiger partial charge in [-0.1, -0.05) is 29.6 Å². The molecule has 0 aliphatic rings. The molecule has 2 unspecified atom stereocenters. The predicted octanol–water partition coefficient (Wildman–Crippen LogP) is 2.06. The van der Waals surface area contributed by atoms with Gasteiger partial charge in [0.2, 0.25) is 0 Å². The highest BCUT2D eigenvalue weighted by molar-refractivity contribution is 7.08. The number of carbonyl (C=O) groups is 1. The van der Waals surface area contributed by atoms with Crippen LogP contribution in [0.1, 0.15) is 25.3 Å². The molecule has 21 heavy (non-hydrogen) atoms. The third-order valence-electron chi connectivity index (χ3n) is 2.79. The Labute approximate surface area is 129 Å². The molecule has 0 aliphatic carbocycles. The number of esters is 1. The molecule has 0 radical (unpaired) electrons. The average Bonchev–Trinajstić information content (AvgIpc) is 2.99. The van der Waals surface area contributed by atoms with E-state index in [4.69, 9.17) is 11.2 Å². The van der Waals surface area contributed by atoms with Crippen LogP contribution in [0, 0.1) is 41.4 Å². The van der Waals surface area contributed by atoms with Crippen molar-refractivity contribution in [3.63, 3.8) is 0 Å². The van der Waals surface area contributed by atoms with Gasteiger partial charge in [0.1, 0.15) is 0 Å². The molecule has 0 fully saturated rings. The highest BCUT2D eigenvalue weighted by atomic mass is 32.1. The van der Waals surface area contributed by atoms with Crippen molar-refractivity contribution in [1.29, 1.82) is 0 Å². The number of aliphatic hydroxyl groups is 1. The van der Waals surface area contributed by atoms with Crippen LogP contribution >= 0.6 is 11.3 Å². The highest BCUT2D eigenvalue weighted by Gasteiger charge is 2.32. The molecule has 3 nitrogen and oxygen atoms in total. The molecule has 0 aliphatic heterocycles. The van der Waals surface area contributed by atoms with Crippen LogP contribution in [-0.4, -0.2) is 24.3 Å². The smallest absolute Gasteiger partial charge is 0.313 e. The minimum atomic E-state index is -1.12. The Morgan fingerprint density at radius 3 is 2.81 bits per heavy atom. The highest BCUT2D eigenvalue weighted by Crippen LogP contribution is 2.26. The van der Waals surface area contributed by atoms with Gasteiger partial charge in [0.15, 0.2) is 6.10 Å². The summed E-state index contributed by atoms with van der Waals surface area (Å²) in [5.74, 6) is 12.9. The molecular formula is C17H16O3S. The van der Waals surface area contributed by atoms with E-state index in [0.29, 0.717) is 6.42 Å². The van der Waals surface area contributed by atoms with Crippen molar-refractivity contribution in [1.82, 2.24) is 0 Å². The first-order valence-electron chi connectivity index (χ1n) is 6.24. The van der Waals surface area contributed by atoms with Gasteiger partial charge in [-0.2, -0.15) is 11.3 Å². The molecule has 0 saturated carbocycles. The maximum absolute atomic E-state index is 11.9. The summed E-state index contributed by atoms with van der Waals surface area (Å²) in [5, 5.41) is 13.1. The van der Waals surface area contributed by atoms with Crippen molar-refractivity contribution >= 4 is 17.3 Å². The van der Waals surface area contributed by atoms with E-state index in [1.807, 2.05) is 16.8 Å². The van der Waals surface area contributed by atoms with E-state index < -0.39 is 11.5 Å². The first-order chi connectivity index (χ1) is 10.0. The molecule has 1 N–H and O–H groups in total. The molecule has 1 heterocycles. The van der Waals surface area contributed by atoms with Gasteiger partial charge in [-0.3, -0.25) is 4.79 Å². The van der Waals surface area contributed by atoms with E-state index in [9.17, 15) is 9.90 Å². The summed E-state index contributed by atoms with van der Waals surface area (Å²) in [6.45, 7) is 1.73. The topological polar surface area (TPSA) is 46.5 Å². The maximum atomic E-state index is 11.9. The quantitative estimate of drug-likeness (QED) is 0.686. The molecule has 2 atom stereocenters. The zero-order valence-electron chi connectivity index (χ0n) is 12.0. The van der Waals surface area contributed by atoms with E-state index in [0.717, 1.165) is 5.56 Å². The van der Waals surface area contributed by atoms with Crippen molar-refractivity contribution in [3.8, 4) is 36.0 Å². The molecule has 0 aromatic carbocycles. The normalized spacial score (nSPS) is 13.4. The van der Waals surface area contributed by atoms with Crippen LogP contribution in [0.15, 0.2) is 16.8 Å². The number of thiophene rings is 1. The van der Waals surface area contributed by atoms with E-state index in [1.54, 1.807) is 18.3 Å². The fraction of sp³-hybridized carbons (Fsp3) is 0.353. The second kappa shape index (κ2) is 8.18. The molecule has 1 rings (SSSR count). The van der Waals surface area contributed by atoms with Crippen LogP contribution in [0.2, 0.25) is 0 Å². The molecule has 1 aromatic rings. The number of carbonyl (C=O) groups excluding carboxylic acids is 1. The van der Waals surface area contributed by atoms with Gasteiger partial charge >= 0.3 is 5.97 Å². The van der Waals surface area contributed by atoms with Crippen molar-refractivity contribution in [2.24, 2.45) is 5.41 Å². The van der Waals surface area contributed by atoms with E-state index in [1.165, 1.54) is 7.11 Å². The van der Waals surface area contributed by atoms with Crippen molar-refractivity contribution in [2.75, 3.05) is 7.11 Å². The Balaban J connectivity index is 2.81. The maximum Gasteiger partial charge on any atom is 0.313 e. The van der Waals surface area contributed by atoms with Crippen LogP contribution in [0.4, 0.5) is 0 Å². The molecule has 0 saturated heterocycles. The molecule has 1 aromatic heterocycles. The van der Waals surface area contributed by atoms with Crippen LogP contribution in [-0.2, 0) is 9.53 Å². The van der Waals surface area contributed by atoms with Crippen molar-refractivity contribution in [3.05, 3.63) is 22.4 Å². The van der Waals surface area contributed by atoms with Gasteiger partial charge in [0, 0.05) is 23.8 Å². The molecule has 108 valence electrons. The van der Waals surface area contributed by atoms with E-state index in [-0.39, 0.29) is 12.4 Å². The lowest BCUT2D eigenvalue weighted by Gasteiger charge is -2.21. The minimum Gasteiger partial charge on any atom is -0.469 e. The summed E-state index contributed by atoms with van der Waals surface area (Å²) in [7, 11) is 1.33. The van der Waals surface area contributed by atoms with Crippen LogP contribution in [0.25, 0.3) is 0 Å². The van der Waals surface area contributed by atoms with Gasteiger partial charge in [-0.05, 0) is 18.4 Å². The monoisotopic (exact) mass is 300 g/mol. The zero-order chi connectivity index (χ0) is 15.7. The number of methoxy groups -OCH3 is 1. The summed E-state index contributed by atoms with van der Waals surface area (Å²) in [6, 6.07) is 1.91. The molecular weight excluding hydrogens is 284 g/mol. The number of terminal acetylenes is 1. The molecule has 0 bridgehead atoms. The minimum absolute atomic E-state index is 0.219. The standard InChI is InChI=1S/C17H16O3S/c1-4-15(18)8-6-11-17(2,16(19)20-3)10-5-7-14-9-12-21-13-14/h1,9,12-13,15,18H,10-11H2,2-3H3. The van der Waals surface area contributed by atoms with Crippen molar-refractivity contribution < 1.29 is 14.6 Å². The van der Waals surface area contributed by atoms with Gasteiger partial charge in [0.25, 0.3) is 0 Å². The van der Waals surface area contributed by atoms with Gasteiger partial charge in [0.05, 0.1) is 12.5 Å². The third kappa shape index (κ3) is 5.36. The fourth-order valence-corrected chi connectivity index (χ4v) is 2.10. The summed E-state index contributed by atoms with van der Waals surface area (Å²) in [6.07, 6.45) is 4.44. The largest absolute Gasteiger partial charge is 0.469 e. The Morgan fingerprint density at radius 1 is 1.52 bits per heavy atom. The number of ether oxygens (including phenoxy) is 1. The second-order valence-electron chi connectivity index (χ2n) is 4.61. The summed E-state index contributed by atoms with van der Waals surface area (Å²) in [4.78, 5) is 11.9. The number of rotatable bonds is 3. The molecule has 0 spiro atoms. The molecule has 4 heteroatoms. The van der Waals surface area contributed by atoms with Gasteiger partial charge in [-0.25, -0.2) is 0 Å². The zero-order valence-corrected chi connectivity index (χ0v) is 12.8. The predicted molar refractivity (Wildman–Crippen MR) is 83.2 cm³/mol. The third-order valence-corrected chi connectivity index (χ3v) is 3.47. The number of aliphatic hydroxyl groups excluding tert-OH is 1. The number of hydrogen-bond donors (Lipinski definition) is 1. The van der Waals surface area contributed by atoms with Gasteiger partial charge in [-0.15, -0.1) is 6.42 Å². The Hall–Kier alpha value is -2.19. The lowest BCUT2D eigenvalue weighted by atomic mass is 9.83. The SMILES string of the molecule is C#CC(O)C#CCC(C)(CC#Cc1ccsc1)C(=O)OC. The van der Waals surface area contributed by atoms with E-state index in [2.05, 4.69) is 29.6 Å². The Morgan fingerprint density at radius 2 is 2.24 bits per heavy atom.